The Labute approximate surface area is 147 Å². The maximum atomic E-state index is 2.43. The van der Waals surface area contributed by atoms with Crippen LogP contribution in [0.5, 0.6) is 0 Å². The van der Waals surface area contributed by atoms with Gasteiger partial charge in [-0.05, 0) is 48.2 Å². The van der Waals surface area contributed by atoms with Crippen molar-refractivity contribution >= 4 is 27.5 Å². The predicted molar refractivity (Wildman–Crippen MR) is 108 cm³/mol. The van der Waals surface area contributed by atoms with Crippen LogP contribution in [0.4, 0.5) is 0 Å². The van der Waals surface area contributed by atoms with Crippen LogP contribution in [0.1, 0.15) is 12.8 Å². The van der Waals surface area contributed by atoms with Gasteiger partial charge in [0.1, 0.15) is 0 Å². The molecule has 1 aliphatic carbocycles. The van der Waals surface area contributed by atoms with Gasteiger partial charge in [0.2, 0.25) is 0 Å². The number of fused-ring (bicyclic) bond motifs is 3. The van der Waals surface area contributed by atoms with Gasteiger partial charge < -0.3 is 4.57 Å². The molecule has 120 valence electrons. The predicted octanol–water partition coefficient (Wildman–Crippen LogP) is 6.65. The van der Waals surface area contributed by atoms with E-state index in [4.69, 9.17) is 0 Å². The van der Waals surface area contributed by atoms with Crippen molar-refractivity contribution in [3.8, 4) is 11.1 Å². The Hall–Kier alpha value is -3.06. The molecular weight excluding hydrogens is 302 g/mol. The average Bonchev–Trinajstić information content (AvgIpc) is 3.03. The molecule has 0 saturated carbocycles. The third-order valence-corrected chi connectivity index (χ3v) is 5.06. The van der Waals surface area contributed by atoms with E-state index in [0.29, 0.717) is 0 Å². The summed E-state index contributed by atoms with van der Waals surface area (Å²) in [5.74, 6) is 0. The van der Waals surface area contributed by atoms with Crippen LogP contribution in [-0.4, -0.2) is 4.57 Å². The van der Waals surface area contributed by atoms with Gasteiger partial charge in [0.05, 0.1) is 11.0 Å². The Balaban J connectivity index is 1.82. The lowest BCUT2D eigenvalue weighted by molar-refractivity contribution is 0.979. The lowest BCUT2D eigenvalue weighted by atomic mass is 10.0. The van der Waals surface area contributed by atoms with Gasteiger partial charge in [0, 0.05) is 16.5 Å². The molecule has 0 aliphatic heterocycles. The smallest absolute Gasteiger partial charge is 0.0538 e. The molecule has 5 rings (SSSR count). The molecule has 0 spiro atoms. The summed E-state index contributed by atoms with van der Waals surface area (Å²) < 4.78 is 2.43. The van der Waals surface area contributed by atoms with Crippen LogP contribution in [0.2, 0.25) is 0 Å². The molecule has 0 radical (unpaired) electrons. The van der Waals surface area contributed by atoms with Crippen molar-refractivity contribution in [2.75, 3.05) is 0 Å². The van der Waals surface area contributed by atoms with E-state index in [1.807, 2.05) is 0 Å². The van der Waals surface area contributed by atoms with E-state index < -0.39 is 0 Å². The van der Waals surface area contributed by atoms with Crippen molar-refractivity contribution in [3.63, 3.8) is 0 Å². The third-order valence-electron chi connectivity index (χ3n) is 5.06. The van der Waals surface area contributed by atoms with Gasteiger partial charge in [0.25, 0.3) is 0 Å². The van der Waals surface area contributed by atoms with Crippen LogP contribution in [0.25, 0.3) is 38.6 Å². The molecule has 0 bridgehead atoms. The average molecular weight is 321 g/mol. The van der Waals surface area contributed by atoms with E-state index in [-0.39, 0.29) is 0 Å². The number of para-hydroxylation sites is 1. The van der Waals surface area contributed by atoms with Crippen molar-refractivity contribution in [2.24, 2.45) is 0 Å². The van der Waals surface area contributed by atoms with Crippen molar-refractivity contribution in [1.82, 2.24) is 4.57 Å². The van der Waals surface area contributed by atoms with E-state index in [9.17, 15) is 0 Å². The van der Waals surface area contributed by atoms with Gasteiger partial charge in [-0.25, -0.2) is 0 Å². The second-order valence-electron chi connectivity index (χ2n) is 6.58. The summed E-state index contributed by atoms with van der Waals surface area (Å²) in [4.78, 5) is 0. The van der Waals surface area contributed by atoms with E-state index in [0.717, 1.165) is 12.8 Å². The molecule has 0 fully saturated rings. The first-order chi connectivity index (χ1) is 12.4. The molecule has 4 aromatic rings. The third kappa shape index (κ3) is 2.32. The van der Waals surface area contributed by atoms with Crippen LogP contribution in [0, 0.1) is 0 Å². The van der Waals surface area contributed by atoms with Crippen LogP contribution in [-0.2, 0) is 0 Å². The fourth-order valence-corrected chi connectivity index (χ4v) is 3.87. The largest absolute Gasteiger partial charge is 0.313 e. The zero-order valence-corrected chi connectivity index (χ0v) is 14.0. The molecule has 3 aromatic carbocycles. The number of nitrogens with zero attached hydrogens (tertiary/aromatic N) is 1. The van der Waals surface area contributed by atoms with E-state index in [2.05, 4.69) is 95.6 Å². The normalized spacial score (nSPS) is 14.2. The summed E-state index contributed by atoms with van der Waals surface area (Å²) in [5.41, 5.74) is 6.50. The van der Waals surface area contributed by atoms with Crippen LogP contribution in [0.15, 0.2) is 91.0 Å². The minimum absolute atomic E-state index is 1.09. The summed E-state index contributed by atoms with van der Waals surface area (Å²) in [5, 5.41) is 2.65. The molecule has 1 nitrogen and oxygen atoms in total. The summed E-state index contributed by atoms with van der Waals surface area (Å²) in [6.45, 7) is 0. The number of allylic oxidation sites excluding steroid dienone is 4. The summed E-state index contributed by atoms with van der Waals surface area (Å²) >= 11 is 0. The van der Waals surface area contributed by atoms with Crippen molar-refractivity contribution in [3.05, 3.63) is 91.0 Å². The van der Waals surface area contributed by atoms with Gasteiger partial charge in [-0.1, -0.05) is 66.7 Å². The molecule has 0 amide bonds. The Bertz CT molecular complexity index is 1130. The first-order valence-electron chi connectivity index (χ1n) is 8.86. The molecule has 0 atom stereocenters. The van der Waals surface area contributed by atoms with Gasteiger partial charge in [-0.15, -0.1) is 0 Å². The van der Waals surface area contributed by atoms with E-state index >= 15 is 0 Å². The molecule has 25 heavy (non-hydrogen) atoms. The molecular formula is C24H19N. The van der Waals surface area contributed by atoms with Gasteiger partial charge in [0.15, 0.2) is 0 Å². The summed E-state index contributed by atoms with van der Waals surface area (Å²) in [6, 6.07) is 26.2. The molecule has 0 N–H and O–H groups in total. The number of hydrogen-bond donors (Lipinski definition) is 0. The van der Waals surface area contributed by atoms with Gasteiger partial charge >= 0.3 is 0 Å². The number of rotatable bonds is 2. The number of aromatic nitrogens is 1. The van der Waals surface area contributed by atoms with Crippen molar-refractivity contribution in [1.29, 1.82) is 0 Å². The first kappa shape index (κ1) is 14.3. The second kappa shape index (κ2) is 5.78. The minimum Gasteiger partial charge on any atom is -0.313 e. The highest BCUT2D eigenvalue weighted by molar-refractivity contribution is 6.11. The molecule has 0 saturated heterocycles. The SMILES string of the molecule is C1=CCCC(n2c3ccccc3c3cc(-c4ccccc4)ccc32)=C1. The van der Waals surface area contributed by atoms with Crippen LogP contribution in [0.3, 0.4) is 0 Å². The topological polar surface area (TPSA) is 4.93 Å². The second-order valence-corrected chi connectivity index (χ2v) is 6.58. The Morgan fingerprint density at radius 1 is 0.680 bits per heavy atom. The fourth-order valence-electron chi connectivity index (χ4n) is 3.87. The van der Waals surface area contributed by atoms with E-state index in [1.165, 1.54) is 38.6 Å². The maximum Gasteiger partial charge on any atom is 0.0538 e. The van der Waals surface area contributed by atoms with Crippen molar-refractivity contribution < 1.29 is 0 Å². The zero-order valence-electron chi connectivity index (χ0n) is 14.0. The first-order valence-corrected chi connectivity index (χ1v) is 8.86. The standard InChI is InChI=1S/C24H19N/c1-3-9-18(10-4-1)19-15-16-24-22(17-19)21-13-7-8-14-23(21)25(24)20-11-5-2-6-12-20/h1-5,7-11,13-17H,6,12H2. The Morgan fingerprint density at radius 3 is 2.32 bits per heavy atom. The lowest BCUT2D eigenvalue weighted by Gasteiger charge is -2.14. The van der Waals surface area contributed by atoms with Crippen LogP contribution < -0.4 is 0 Å². The highest BCUT2D eigenvalue weighted by Gasteiger charge is 2.14. The number of benzene rings is 3. The highest BCUT2D eigenvalue weighted by atomic mass is 15.0. The summed E-state index contributed by atoms with van der Waals surface area (Å²) in [6.07, 6.45) is 8.87. The van der Waals surface area contributed by atoms with Gasteiger partial charge in [-0.3, -0.25) is 0 Å². The van der Waals surface area contributed by atoms with Gasteiger partial charge in [-0.2, -0.15) is 0 Å². The van der Waals surface area contributed by atoms with Crippen LogP contribution >= 0.6 is 0 Å². The molecule has 1 aliphatic rings. The molecule has 1 heterocycles. The van der Waals surface area contributed by atoms with E-state index in [1.54, 1.807) is 0 Å². The fraction of sp³-hybridized carbons (Fsp3) is 0.0833. The maximum absolute atomic E-state index is 2.43. The molecule has 1 heteroatoms. The summed E-state index contributed by atoms with van der Waals surface area (Å²) in [7, 11) is 0. The Morgan fingerprint density at radius 2 is 1.48 bits per heavy atom. The molecule has 0 unspecified atom stereocenters. The highest BCUT2D eigenvalue weighted by Crippen LogP contribution is 2.36. The monoisotopic (exact) mass is 321 g/mol. The quantitative estimate of drug-likeness (QED) is 0.389. The minimum atomic E-state index is 1.09. The lowest BCUT2D eigenvalue weighted by Crippen LogP contribution is -1.98. The molecule has 1 aromatic heterocycles. The zero-order chi connectivity index (χ0) is 16.6. The number of hydrogen-bond acceptors (Lipinski definition) is 0. The Kier molecular flexibility index (Phi) is 3.31. The van der Waals surface area contributed by atoms with Crippen molar-refractivity contribution in [2.45, 2.75) is 12.8 Å².